The first-order valence-electron chi connectivity index (χ1n) is 18.5. The van der Waals surface area contributed by atoms with E-state index in [0.717, 1.165) is 24.6 Å². The van der Waals surface area contributed by atoms with Gasteiger partial charge in [0.1, 0.15) is 40.5 Å². The Labute approximate surface area is 312 Å². The molecule has 12 nitrogen and oxygen atoms in total. The molecule has 2 aromatic rings. The number of nitrogens with zero attached hydrogens (tertiary/aromatic N) is 2. The second-order valence-corrected chi connectivity index (χ2v) is 17.8. The minimum atomic E-state index is -3.64. The van der Waals surface area contributed by atoms with Crippen LogP contribution in [0.4, 0.5) is 0 Å². The number of hydrogen-bond donors (Lipinski definition) is 1. The molecular formula is C40H53N3O9S. The van der Waals surface area contributed by atoms with Crippen LogP contribution >= 0.6 is 0 Å². The Kier molecular flexibility index (Phi) is 12.4. The number of aromatic nitrogens is 1. The van der Waals surface area contributed by atoms with Crippen LogP contribution in [-0.2, 0) is 33.8 Å². The van der Waals surface area contributed by atoms with Crippen molar-refractivity contribution in [2.75, 3.05) is 19.4 Å². The third kappa shape index (κ3) is 9.84. The summed E-state index contributed by atoms with van der Waals surface area (Å²) in [5, 5.41) is 3.08. The normalized spacial score (nSPS) is 23.2. The summed E-state index contributed by atoms with van der Waals surface area (Å²) in [5.74, 6) is -2.79. The summed E-state index contributed by atoms with van der Waals surface area (Å²) in [6.45, 7) is 12.9. The number of Topliss-reactive ketones (excluding diaryl/α,β-unsaturated/α-hetero) is 1. The monoisotopic (exact) mass is 751 g/mol. The highest BCUT2D eigenvalue weighted by atomic mass is 32.2. The van der Waals surface area contributed by atoms with Crippen molar-refractivity contribution in [2.24, 2.45) is 11.8 Å². The standard InChI is InChI=1S/C40H53N3O9S/c1-7-9-10-11-12-13-26(20-36(45)52-39(3,4)5)38(47)43-24-29(51-34-18-19-41-32-21-28(50-6)14-17-31(32)34)22-33(43)37(46)42-40(23-27(40)8-2)35(44)25-53(48,49)30-15-16-30/h7-8,14,17-19,21,26-27,29-30,33H,1-2,9-13,15-16,20,22-25H2,3-6H3,(H,42,46)/t26-,27-,29-,33+,40-/m1/s1. The number of sulfone groups is 1. The van der Waals surface area contributed by atoms with Gasteiger partial charge in [-0.1, -0.05) is 25.0 Å². The molecule has 0 radical (unpaired) electrons. The number of pyridine rings is 1. The number of esters is 1. The predicted molar refractivity (Wildman–Crippen MR) is 201 cm³/mol. The molecule has 3 fully saturated rings. The number of benzene rings is 1. The molecule has 288 valence electrons. The summed E-state index contributed by atoms with van der Waals surface area (Å²) in [5.41, 5.74) is -1.53. The molecule has 1 aromatic carbocycles. The van der Waals surface area contributed by atoms with E-state index in [4.69, 9.17) is 14.2 Å². The van der Waals surface area contributed by atoms with Crippen molar-refractivity contribution in [3.8, 4) is 11.5 Å². The second kappa shape index (κ2) is 16.4. The van der Waals surface area contributed by atoms with Gasteiger partial charge in [0.2, 0.25) is 11.8 Å². The van der Waals surface area contributed by atoms with E-state index < -0.39 is 73.6 Å². The van der Waals surface area contributed by atoms with Gasteiger partial charge in [0, 0.05) is 35.9 Å². The predicted octanol–water partition coefficient (Wildman–Crippen LogP) is 5.28. The molecule has 5 rings (SSSR count). The highest BCUT2D eigenvalue weighted by Gasteiger charge is 2.61. The van der Waals surface area contributed by atoms with Crippen LogP contribution in [0, 0.1) is 11.8 Å². The van der Waals surface area contributed by atoms with Gasteiger partial charge in [-0.25, -0.2) is 8.42 Å². The van der Waals surface area contributed by atoms with Crippen molar-refractivity contribution in [1.82, 2.24) is 15.2 Å². The Morgan fingerprint density at radius 1 is 1.11 bits per heavy atom. The number of methoxy groups -OCH3 is 1. The highest BCUT2D eigenvalue weighted by molar-refractivity contribution is 7.93. The van der Waals surface area contributed by atoms with Gasteiger partial charge in [-0.2, -0.15) is 0 Å². The summed E-state index contributed by atoms with van der Waals surface area (Å²) in [4.78, 5) is 61.5. The molecule has 0 bridgehead atoms. The zero-order valence-electron chi connectivity index (χ0n) is 31.3. The number of carbonyl (C=O) groups excluding carboxylic acids is 4. The molecule has 1 saturated heterocycles. The molecule has 13 heteroatoms. The highest BCUT2D eigenvalue weighted by Crippen LogP contribution is 2.46. The lowest BCUT2D eigenvalue weighted by Crippen LogP contribution is -2.54. The largest absolute Gasteiger partial charge is 0.497 e. The third-order valence-electron chi connectivity index (χ3n) is 10.2. The summed E-state index contributed by atoms with van der Waals surface area (Å²) in [6.07, 6.45) is 9.23. The van der Waals surface area contributed by atoms with E-state index in [9.17, 15) is 27.6 Å². The molecule has 2 heterocycles. The summed E-state index contributed by atoms with van der Waals surface area (Å²) < 4.78 is 43.1. The number of fused-ring (bicyclic) bond motifs is 1. The minimum Gasteiger partial charge on any atom is -0.497 e. The maximum Gasteiger partial charge on any atom is 0.307 e. The number of rotatable bonds is 19. The summed E-state index contributed by atoms with van der Waals surface area (Å²) in [7, 11) is -2.07. The van der Waals surface area contributed by atoms with Crippen molar-refractivity contribution in [3.05, 3.63) is 55.8 Å². The molecule has 2 saturated carbocycles. The average molecular weight is 752 g/mol. The van der Waals surface area contributed by atoms with Crippen molar-refractivity contribution in [1.29, 1.82) is 0 Å². The maximum atomic E-state index is 14.5. The quantitative estimate of drug-likeness (QED) is 0.114. The number of ether oxygens (including phenoxy) is 3. The van der Waals surface area contributed by atoms with Gasteiger partial charge in [0.05, 0.1) is 30.8 Å². The number of ketones is 1. The van der Waals surface area contributed by atoms with E-state index in [-0.39, 0.29) is 31.7 Å². The Bertz CT molecular complexity index is 1830. The van der Waals surface area contributed by atoms with Crippen LogP contribution in [0.25, 0.3) is 10.9 Å². The van der Waals surface area contributed by atoms with Crippen molar-refractivity contribution >= 4 is 44.3 Å². The van der Waals surface area contributed by atoms with Gasteiger partial charge in [-0.05, 0) is 77.5 Å². The van der Waals surface area contributed by atoms with Crippen molar-refractivity contribution in [2.45, 2.75) is 114 Å². The molecule has 0 unspecified atom stereocenters. The number of likely N-dealkylation sites (tertiary alicyclic amines) is 1. The SMILES string of the molecule is C=CCCCCC[C@H](CC(=O)OC(C)(C)C)C(=O)N1C[C@H](Oc2ccnc3cc(OC)ccc23)C[C@H]1C(=O)N[C@]1(C(=O)CS(=O)(=O)C2CC2)C[C@H]1C=C. The van der Waals surface area contributed by atoms with Crippen LogP contribution in [0.15, 0.2) is 55.8 Å². The number of carbonyl (C=O) groups is 4. The number of hydrogen-bond acceptors (Lipinski definition) is 10. The second-order valence-electron chi connectivity index (χ2n) is 15.5. The van der Waals surface area contributed by atoms with E-state index >= 15 is 0 Å². The maximum absolute atomic E-state index is 14.5. The van der Waals surface area contributed by atoms with Crippen LogP contribution in [0.5, 0.6) is 11.5 Å². The fourth-order valence-corrected chi connectivity index (χ4v) is 8.85. The van der Waals surface area contributed by atoms with Crippen molar-refractivity contribution in [3.63, 3.8) is 0 Å². The molecule has 1 aliphatic heterocycles. The van der Waals surface area contributed by atoms with Gasteiger partial charge < -0.3 is 24.4 Å². The molecule has 1 N–H and O–H groups in total. The van der Waals surface area contributed by atoms with E-state index in [1.165, 1.54) is 4.90 Å². The minimum absolute atomic E-state index is 0.0417. The van der Waals surface area contributed by atoms with E-state index in [0.29, 0.717) is 42.7 Å². The molecule has 2 aliphatic carbocycles. The fraction of sp³-hybridized carbons (Fsp3) is 0.575. The Hall–Kier alpha value is -4.26. The van der Waals surface area contributed by atoms with Crippen LogP contribution in [-0.4, -0.2) is 89.8 Å². The number of allylic oxidation sites excluding steroid dienone is 1. The molecule has 3 aliphatic rings. The molecular weight excluding hydrogens is 699 g/mol. The first-order valence-corrected chi connectivity index (χ1v) is 20.2. The van der Waals surface area contributed by atoms with Gasteiger partial charge in [0.25, 0.3) is 0 Å². The van der Waals surface area contributed by atoms with Gasteiger partial charge in [-0.15, -0.1) is 13.2 Å². The topological polar surface area (TPSA) is 158 Å². The Balaban J connectivity index is 1.42. The summed E-state index contributed by atoms with van der Waals surface area (Å²) >= 11 is 0. The first-order chi connectivity index (χ1) is 25.1. The number of amides is 2. The molecule has 1 aromatic heterocycles. The van der Waals surface area contributed by atoms with Gasteiger partial charge in [0.15, 0.2) is 15.6 Å². The lowest BCUT2D eigenvalue weighted by Gasteiger charge is -2.30. The zero-order chi connectivity index (χ0) is 38.6. The van der Waals surface area contributed by atoms with Gasteiger partial charge >= 0.3 is 5.97 Å². The van der Waals surface area contributed by atoms with Gasteiger partial charge in [-0.3, -0.25) is 24.2 Å². The van der Waals surface area contributed by atoms with E-state index in [1.54, 1.807) is 58.4 Å². The lowest BCUT2D eigenvalue weighted by molar-refractivity contribution is -0.159. The fourth-order valence-electron chi connectivity index (χ4n) is 7.14. The Morgan fingerprint density at radius 3 is 2.51 bits per heavy atom. The molecule has 2 amide bonds. The number of nitrogens with one attached hydrogen (secondary N) is 1. The number of unbranched alkanes of at least 4 members (excludes halogenated alkanes) is 3. The van der Waals surface area contributed by atoms with Crippen molar-refractivity contribution < 1.29 is 41.8 Å². The Morgan fingerprint density at radius 2 is 1.87 bits per heavy atom. The average Bonchev–Trinajstić information content (AvgIpc) is 4.03. The molecule has 5 atom stereocenters. The lowest BCUT2D eigenvalue weighted by atomic mass is 9.95. The summed E-state index contributed by atoms with van der Waals surface area (Å²) in [6, 6.07) is 6.06. The third-order valence-corrected chi connectivity index (χ3v) is 12.4. The van der Waals surface area contributed by atoms with Crippen LogP contribution in [0.3, 0.4) is 0 Å². The van der Waals surface area contributed by atoms with E-state index in [1.807, 2.05) is 12.1 Å². The van der Waals surface area contributed by atoms with E-state index in [2.05, 4.69) is 23.5 Å². The van der Waals surface area contributed by atoms with Crippen LogP contribution in [0.2, 0.25) is 0 Å². The van der Waals surface area contributed by atoms with Crippen LogP contribution in [0.1, 0.15) is 85.0 Å². The van der Waals surface area contributed by atoms with Crippen LogP contribution < -0.4 is 14.8 Å². The smallest absolute Gasteiger partial charge is 0.307 e. The zero-order valence-corrected chi connectivity index (χ0v) is 32.1. The molecule has 0 spiro atoms. The molecule has 53 heavy (non-hydrogen) atoms. The first kappa shape index (κ1) is 39.9.